The average Bonchev–Trinajstić information content (AvgIpc) is 2.60. The van der Waals surface area contributed by atoms with E-state index in [1.165, 1.54) is 0 Å². The fourth-order valence-electron chi connectivity index (χ4n) is 2.98. The molecule has 2 aromatic carbocycles. The van der Waals surface area contributed by atoms with E-state index in [1.807, 2.05) is 13.8 Å². The SMILES string of the molecule is CC(C)CC(NCC(C(=O)O)c1ccc(-c2cc(Cl)cc(Cl)c2)cc1)C(=O)O. The molecule has 0 saturated carbocycles. The summed E-state index contributed by atoms with van der Waals surface area (Å²) in [6.07, 6.45) is 0.427. The third-order valence-corrected chi connectivity index (χ3v) is 4.82. The number of aliphatic carboxylic acids is 2. The molecule has 7 heteroatoms. The number of hydrogen-bond donors (Lipinski definition) is 3. The Bertz CT molecular complexity index is 817. The van der Waals surface area contributed by atoms with Crippen molar-refractivity contribution in [3.05, 3.63) is 58.1 Å². The van der Waals surface area contributed by atoms with E-state index in [2.05, 4.69) is 5.32 Å². The van der Waals surface area contributed by atoms with Gasteiger partial charge in [0.15, 0.2) is 0 Å². The second-order valence-electron chi connectivity index (χ2n) is 7.10. The highest BCUT2D eigenvalue weighted by Gasteiger charge is 2.24. The number of carboxylic acids is 2. The first-order valence-electron chi connectivity index (χ1n) is 8.92. The monoisotopic (exact) mass is 423 g/mol. The molecular formula is C21H23Cl2NO4. The topological polar surface area (TPSA) is 86.6 Å². The van der Waals surface area contributed by atoms with Crippen molar-refractivity contribution < 1.29 is 19.8 Å². The van der Waals surface area contributed by atoms with Gasteiger partial charge >= 0.3 is 11.9 Å². The van der Waals surface area contributed by atoms with E-state index in [-0.39, 0.29) is 12.5 Å². The third-order valence-electron chi connectivity index (χ3n) is 4.38. The predicted octanol–water partition coefficient (Wildman–Crippen LogP) is 4.92. The summed E-state index contributed by atoms with van der Waals surface area (Å²) in [6, 6.07) is 11.5. The molecule has 2 rings (SSSR count). The first-order valence-corrected chi connectivity index (χ1v) is 9.68. The van der Waals surface area contributed by atoms with E-state index in [9.17, 15) is 19.8 Å². The van der Waals surface area contributed by atoms with Gasteiger partial charge in [0.1, 0.15) is 6.04 Å². The van der Waals surface area contributed by atoms with Gasteiger partial charge in [-0.05, 0) is 47.2 Å². The Balaban J connectivity index is 2.17. The summed E-state index contributed by atoms with van der Waals surface area (Å²) in [7, 11) is 0. The summed E-state index contributed by atoms with van der Waals surface area (Å²) >= 11 is 12.1. The molecule has 0 saturated heterocycles. The van der Waals surface area contributed by atoms with Crippen LogP contribution >= 0.6 is 23.2 Å². The fraction of sp³-hybridized carbons (Fsp3) is 0.333. The summed E-state index contributed by atoms with van der Waals surface area (Å²) in [4.78, 5) is 23.1. The molecule has 5 nitrogen and oxygen atoms in total. The molecule has 2 aromatic rings. The minimum atomic E-state index is -1.01. The van der Waals surface area contributed by atoms with Crippen molar-refractivity contribution in [2.24, 2.45) is 5.92 Å². The van der Waals surface area contributed by atoms with E-state index in [0.29, 0.717) is 22.0 Å². The predicted molar refractivity (Wildman–Crippen MR) is 111 cm³/mol. The highest BCUT2D eigenvalue weighted by Crippen LogP contribution is 2.28. The lowest BCUT2D eigenvalue weighted by molar-refractivity contribution is -0.142. The van der Waals surface area contributed by atoms with E-state index in [0.717, 1.165) is 11.1 Å². The molecule has 0 aliphatic carbocycles. The summed E-state index contributed by atoms with van der Waals surface area (Å²) in [5, 5.41) is 22.8. The number of rotatable bonds is 9. The number of nitrogens with one attached hydrogen (secondary N) is 1. The Kier molecular flexibility index (Phi) is 7.87. The molecule has 0 aliphatic rings. The zero-order chi connectivity index (χ0) is 20.8. The number of hydrogen-bond acceptors (Lipinski definition) is 3. The quantitative estimate of drug-likeness (QED) is 0.532. The molecule has 150 valence electrons. The van der Waals surface area contributed by atoms with Crippen molar-refractivity contribution in [1.29, 1.82) is 0 Å². The van der Waals surface area contributed by atoms with Crippen molar-refractivity contribution in [2.75, 3.05) is 6.54 Å². The second kappa shape index (κ2) is 9.92. The highest BCUT2D eigenvalue weighted by molar-refractivity contribution is 6.35. The molecular weight excluding hydrogens is 401 g/mol. The Hall–Kier alpha value is -2.08. The Labute approximate surface area is 174 Å². The van der Waals surface area contributed by atoms with E-state index in [1.54, 1.807) is 42.5 Å². The van der Waals surface area contributed by atoms with Crippen LogP contribution in [0.3, 0.4) is 0 Å². The van der Waals surface area contributed by atoms with Crippen LogP contribution in [0, 0.1) is 5.92 Å². The number of carbonyl (C=O) groups is 2. The molecule has 2 atom stereocenters. The lowest BCUT2D eigenvalue weighted by atomic mass is 9.95. The van der Waals surface area contributed by atoms with E-state index >= 15 is 0 Å². The molecule has 0 heterocycles. The fourth-order valence-corrected chi connectivity index (χ4v) is 3.51. The lowest BCUT2D eigenvalue weighted by Crippen LogP contribution is -2.41. The zero-order valence-corrected chi connectivity index (χ0v) is 17.2. The maximum Gasteiger partial charge on any atom is 0.320 e. The molecule has 3 N–H and O–H groups in total. The maximum absolute atomic E-state index is 11.7. The first kappa shape index (κ1) is 22.2. The Morgan fingerprint density at radius 1 is 0.929 bits per heavy atom. The summed E-state index contributed by atoms with van der Waals surface area (Å²) in [6.45, 7) is 3.88. The Morgan fingerprint density at radius 2 is 1.50 bits per heavy atom. The number of halogens is 2. The second-order valence-corrected chi connectivity index (χ2v) is 7.97. The largest absolute Gasteiger partial charge is 0.481 e. The van der Waals surface area contributed by atoms with Crippen LogP contribution < -0.4 is 5.32 Å². The van der Waals surface area contributed by atoms with Gasteiger partial charge in [-0.2, -0.15) is 0 Å². The van der Waals surface area contributed by atoms with E-state index in [4.69, 9.17) is 23.2 Å². The summed E-state index contributed by atoms with van der Waals surface area (Å²) in [5.41, 5.74) is 2.27. The minimum Gasteiger partial charge on any atom is -0.481 e. The third kappa shape index (κ3) is 6.23. The molecule has 0 amide bonds. The van der Waals surface area contributed by atoms with Crippen LogP contribution in [-0.2, 0) is 9.59 Å². The molecule has 0 radical (unpaired) electrons. The number of benzene rings is 2. The van der Waals surface area contributed by atoms with E-state index < -0.39 is 23.9 Å². The molecule has 0 aliphatic heterocycles. The lowest BCUT2D eigenvalue weighted by Gasteiger charge is -2.20. The molecule has 0 bridgehead atoms. The van der Waals surface area contributed by atoms with Gasteiger partial charge in [-0.1, -0.05) is 61.3 Å². The normalized spacial score (nSPS) is 13.3. The van der Waals surface area contributed by atoms with Crippen LogP contribution in [-0.4, -0.2) is 34.7 Å². The van der Waals surface area contributed by atoms with Crippen molar-refractivity contribution in [3.63, 3.8) is 0 Å². The van der Waals surface area contributed by atoms with Gasteiger partial charge in [0, 0.05) is 16.6 Å². The molecule has 0 fully saturated rings. The molecule has 2 unspecified atom stereocenters. The van der Waals surface area contributed by atoms with Gasteiger partial charge < -0.3 is 15.5 Å². The van der Waals surface area contributed by atoms with Crippen molar-refractivity contribution >= 4 is 35.1 Å². The van der Waals surface area contributed by atoms with Crippen LogP contribution in [0.15, 0.2) is 42.5 Å². The van der Waals surface area contributed by atoms with Gasteiger partial charge in [-0.15, -0.1) is 0 Å². The highest BCUT2D eigenvalue weighted by atomic mass is 35.5. The molecule has 0 aromatic heterocycles. The smallest absolute Gasteiger partial charge is 0.320 e. The van der Waals surface area contributed by atoms with Crippen molar-refractivity contribution in [1.82, 2.24) is 5.32 Å². The first-order chi connectivity index (χ1) is 13.2. The van der Waals surface area contributed by atoms with Gasteiger partial charge in [-0.3, -0.25) is 9.59 Å². The van der Waals surface area contributed by atoms with Crippen LogP contribution in [0.25, 0.3) is 11.1 Å². The minimum absolute atomic E-state index is 0.0291. The summed E-state index contributed by atoms with van der Waals surface area (Å²) < 4.78 is 0. The van der Waals surface area contributed by atoms with Crippen LogP contribution in [0.5, 0.6) is 0 Å². The van der Waals surface area contributed by atoms with Gasteiger partial charge in [0.2, 0.25) is 0 Å². The summed E-state index contributed by atoms with van der Waals surface area (Å²) in [5.74, 6) is -2.67. The van der Waals surface area contributed by atoms with Gasteiger partial charge in [0.05, 0.1) is 5.92 Å². The van der Waals surface area contributed by atoms with Gasteiger partial charge in [-0.25, -0.2) is 0 Å². The van der Waals surface area contributed by atoms with Crippen molar-refractivity contribution in [2.45, 2.75) is 32.2 Å². The van der Waals surface area contributed by atoms with Crippen LogP contribution in [0.2, 0.25) is 10.0 Å². The molecule has 0 spiro atoms. The van der Waals surface area contributed by atoms with Crippen LogP contribution in [0.4, 0.5) is 0 Å². The Morgan fingerprint density at radius 3 is 1.96 bits per heavy atom. The molecule has 28 heavy (non-hydrogen) atoms. The van der Waals surface area contributed by atoms with Crippen LogP contribution in [0.1, 0.15) is 31.7 Å². The average molecular weight is 424 g/mol. The zero-order valence-electron chi connectivity index (χ0n) is 15.7. The van der Waals surface area contributed by atoms with Gasteiger partial charge in [0.25, 0.3) is 0 Å². The maximum atomic E-state index is 11.7. The number of carboxylic acid groups (broad SMARTS) is 2. The standard InChI is InChI=1S/C21H23Cl2NO4/c1-12(2)7-19(21(27)28)24-11-18(20(25)26)14-5-3-13(4-6-14)15-8-16(22)10-17(23)9-15/h3-6,8-10,12,18-19,24H,7,11H2,1-2H3,(H,25,26)(H,27,28). The van der Waals surface area contributed by atoms with Crippen molar-refractivity contribution in [3.8, 4) is 11.1 Å².